The highest BCUT2D eigenvalue weighted by Crippen LogP contribution is 2.44. The highest BCUT2D eigenvalue weighted by Gasteiger charge is 2.46. The molecule has 2 N–H and O–H groups in total. The number of carbonyl (C=O) groups excluding carboxylic acids is 2. The Morgan fingerprint density at radius 2 is 1.92 bits per heavy atom. The number of ether oxygens (including phenoxy) is 2. The molecule has 1 saturated carbocycles. The molecule has 140 valence electrons. The molecule has 1 fully saturated rings. The van der Waals surface area contributed by atoms with E-state index in [1.807, 2.05) is 0 Å². The molecule has 1 aromatic carbocycles. The quantitative estimate of drug-likeness (QED) is 0.732. The first-order chi connectivity index (χ1) is 12.5. The van der Waals surface area contributed by atoms with Crippen molar-refractivity contribution in [3.63, 3.8) is 0 Å². The van der Waals surface area contributed by atoms with Crippen molar-refractivity contribution in [2.45, 2.75) is 25.3 Å². The van der Waals surface area contributed by atoms with Crippen LogP contribution in [-0.2, 0) is 9.59 Å². The summed E-state index contributed by atoms with van der Waals surface area (Å²) in [5.74, 6) is -0.362. The van der Waals surface area contributed by atoms with E-state index in [0.29, 0.717) is 23.5 Å². The normalized spacial score (nSPS) is 19.9. The van der Waals surface area contributed by atoms with E-state index < -0.39 is 17.7 Å². The van der Waals surface area contributed by atoms with E-state index in [9.17, 15) is 14.7 Å². The van der Waals surface area contributed by atoms with Gasteiger partial charge in [0.2, 0.25) is 0 Å². The van der Waals surface area contributed by atoms with Gasteiger partial charge in [0, 0.05) is 19.1 Å². The molecule has 7 heteroatoms. The number of amides is 1. The van der Waals surface area contributed by atoms with Crippen molar-refractivity contribution in [3.8, 4) is 11.5 Å². The third-order valence-corrected chi connectivity index (χ3v) is 4.80. The van der Waals surface area contributed by atoms with E-state index in [2.05, 4.69) is 0 Å². The van der Waals surface area contributed by atoms with E-state index in [1.165, 1.54) is 19.1 Å². The van der Waals surface area contributed by atoms with E-state index in [1.54, 1.807) is 18.2 Å². The fourth-order valence-corrected chi connectivity index (χ4v) is 3.31. The summed E-state index contributed by atoms with van der Waals surface area (Å²) in [7, 11) is 3.03. The number of methoxy groups -OCH3 is 2. The Morgan fingerprint density at radius 3 is 2.50 bits per heavy atom. The fourth-order valence-electron chi connectivity index (χ4n) is 3.31. The van der Waals surface area contributed by atoms with E-state index in [-0.39, 0.29) is 30.4 Å². The highest BCUT2D eigenvalue weighted by molar-refractivity contribution is 6.10. The first-order valence-electron chi connectivity index (χ1n) is 8.64. The minimum Gasteiger partial charge on any atom is -0.503 e. The molecule has 7 nitrogen and oxygen atoms in total. The second-order valence-electron chi connectivity index (χ2n) is 6.49. The molecule has 1 unspecified atom stereocenters. The maximum Gasteiger partial charge on any atom is 0.290 e. The van der Waals surface area contributed by atoms with Crippen LogP contribution in [0.2, 0.25) is 0 Å². The zero-order valence-electron chi connectivity index (χ0n) is 14.9. The first-order valence-corrected chi connectivity index (χ1v) is 8.64. The topological polar surface area (TPSA) is 96.3 Å². The SMILES string of the molecule is COc1ccc(C2C(C(=O)C3CC3)=C(O)C(=O)N2CCCO)cc1OC. The second-order valence-corrected chi connectivity index (χ2v) is 6.49. The molecule has 0 radical (unpaired) electrons. The fraction of sp³-hybridized carbons (Fsp3) is 0.474. The summed E-state index contributed by atoms with van der Waals surface area (Å²) >= 11 is 0. The van der Waals surface area contributed by atoms with Gasteiger partial charge in [-0.25, -0.2) is 0 Å². The summed E-state index contributed by atoms with van der Waals surface area (Å²) in [6.07, 6.45) is 1.91. The van der Waals surface area contributed by atoms with Crippen LogP contribution in [0.15, 0.2) is 29.5 Å². The van der Waals surface area contributed by atoms with Gasteiger partial charge < -0.3 is 24.6 Å². The minimum absolute atomic E-state index is 0.0882. The molecule has 1 atom stereocenters. The number of Topliss-reactive ketones (excluding diaryl/α,β-unsaturated/α-hetero) is 1. The van der Waals surface area contributed by atoms with Crippen molar-refractivity contribution >= 4 is 11.7 Å². The summed E-state index contributed by atoms with van der Waals surface area (Å²) in [4.78, 5) is 26.7. The van der Waals surface area contributed by atoms with Gasteiger partial charge in [0.15, 0.2) is 23.0 Å². The summed E-state index contributed by atoms with van der Waals surface area (Å²) in [6, 6.07) is 4.48. The summed E-state index contributed by atoms with van der Waals surface area (Å²) in [5, 5.41) is 19.5. The van der Waals surface area contributed by atoms with E-state index in [4.69, 9.17) is 14.6 Å². The van der Waals surface area contributed by atoms with Crippen LogP contribution in [0.3, 0.4) is 0 Å². The van der Waals surface area contributed by atoms with Crippen LogP contribution < -0.4 is 9.47 Å². The molecule has 0 aromatic heterocycles. The number of ketones is 1. The minimum atomic E-state index is -0.693. The zero-order chi connectivity index (χ0) is 18.8. The molecule has 1 aromatic rings. The Bertz CT molecular complexity index is 752. The van der Waals surface area contributed by atoms with Crippen LogP contribution in [0.5, 0.6) is 11.5 Å². The maximum absolute atomic E-state index is 12.7. The van der Waals surface area contributed by atoms with Gasteiger partial charge in [0.05, 0.1) is 25.8 Å². The van der Waals surface area contributed by atoms with Gasteiger partial charge >= 0.3 is 0 Å². The number of aliphatic hydroxyl groups is 2. The summed E-state index contributed by atoms with van der Waals surface area (Å²) in [6.45, 7) is 0.148. The zero-order valence-corrected chi connectivity index (χ0v) is 14.9. The Morgan fingerprint density at radius 1 is 1.23 bits per heavy atom. The standard InChI is InChI=1S/C19H23NO6/c1-25-13-7-6-12(10-14(13)26-2)16-15(17(22)11-4-5-11)18(23)19(24)20(16)8-3-9-21/h6-7,10-11,16,21,23H,3-5,8-9H2,1-2H3. The second kappa shape index (κ2) is 7.37. The lowest BCUT2D eigenvalue weighted by Gasteiger charge is -2.27. The third-order valence-electron chi connectivity index (χ3n) is 4.80. The largest absolute Gasteiger partial charge is 0.503 e. The molecule has 26 heavy (non-hydrogen) atoms. The molecule has 0 bridgehead atoms. The monoisotopic (exact) mass is 361 g/mol. The molecular formula is C19H23NO6. The Labute approximate surface area is 151 Å². The number of rotatable bonds is 8. The average Bonchev–Trinajstić information content (AvgIpc) is 3.47. The number of hydrogen-bond acceptors (Lipinski definition) is 6. The average molecular weight is 361 g/mol. The van der Waals surface area contributed by atoms with Crippen LogP contribution in [0.1, 0.15) is 30.9 Å². The lowest BCUT2D eigenvalue weighted by Crippen LogP contribution is -2.32. The lowest BCUT2D eigenvalue weighted by molar-refractivity contribution is -0.129. The Kier molecular flexibility index (Phi) is 5.18. The van der Waals surface area contributed by atoms with Crippen molar-refractivity contribution in [1.82, 2.24) is 4.90 Å². The van der Waals surface area contributed by atoms with Gasteiger partial charge in [-0.3, -0.25) is 9.59 Å². The van der Waals surface area contributed by atoms with Gasteiger partial charge in [0.1, 0.15) is 0 Å². The molecule has 0 saturated heterocycles. The van der Waals surface area contributed by atoms with Gasteiger partial charge in [0.25, 0.3) is 5.91 Å². The number of benzene rings is 1. The molecule has 1 heterocycles. The van der Waals surface area contributed by atoms with Gasteiger partial charge in [-0.2, -0.15) is 0 Å². The highest BCUT2D eigenvalue weighted by atomic mass is 16.5. The van der Waals surface area contributed by atoms with Crippen LogP contribution in [-0.4, -0.2) is 54.2 Å². The number of aliphatic hydroxyl groups excluding tert-OH is 2. The molecule has 1 aliphatic carbocycles. The van der Waals surface area contributed by atoms with Crippen molar-refractivity contribution in [3.05, 3.63) is 35.1 Å². The van der Waals surface area contributed by atoms with Crippen molar-refractivity contribution < 1.29 is 29.3 Å². The predicted molar refractivity (Wildman–Crippen MR) is 93.1 cm³/mol. The molecule has 2 aliphatic rings. The number of carbonyl (C=O) groups is 2. The predicted octanol–water partition coefficient (Wildman–Crippen LogP) is 1.76. The first kappa shape index (κ1) is 18.3. The van der Waals surface area contributed by atoms with Crippen molar-refractivity contribution in [2.75, 3.05) is 27.4 Å². The lowest BCUT2D eigenvalue weighted by atomic mass is 9.94. The van der Waals surface area contributed by atoms with Crippen molar-refractivity contribution in [2.24, 2.45) is 5.92 Å². The molecule has 0 spiro atoms. The number of hydrogen-bond donors (Lipinski definition) is 2. The molecular weight excluding hydrogens is 338 g/mol. The van der Waals surface area contributed by atoms with Gasteiger partial charge in [-0.05, 0) is 37.0 Å². The maximum atomic E-state index is 12.7. The van der Waals surface area contributed by atoms with Crippen LogP contribution in [0.25, 0.3) is 0 Å². The third kappa shape index (κ3) is 3.14. The van der Waals surface area contributed by atoms with E-state index >= 15 is 0 Å². The Balaban J connectivity index is 2.05. The van der Waals surface area contributed by atoms with Crippen LogP contribution >= 0.6 is 0 Å². The van der Waals surface area contributed by atoms with Crippen molar-refractivity contribution in [1.29, 1.82) is 0 Å². The van der Waals surface area contributed by atoms with Crippen LogP contribution in [0.4, 0.5) is 0 Å². The van der Waals surface area contributed by atoms with E-state index in [0.717, 1.165) is 12.8 Å². The Hall–Kier alpha value is -2.54. The summed E-state index contributed by atoms with van der Waals surface area (Å²) in [5.41, 5.74) is 0.796. The van der Waals surface area contributed by atoms with Gasteiger partial charge in [-0.15, -0.1) is 0 Å². The smallest absolute Gasteiger partial charge is 0.290 e. The van der Waals surface area contributed by atoms with Gasteiger partial charge in [-0.1, -0.05) is 6.07 Å². The summed E-state index contributed by atoms with van der Waals surface area (Å²) < 4.78 is 10.6. The van der Waals surface area contributed by atoms with Crippen LogP contribution in [0, 0.1) is 5.92 Å². The molecule has 1 aliphatic heterocycles. The molecule has 1 amide bonds. The molecule has 3 rings (SSSR count). The number of nitrogens with zero attached hydrogens (tertiary/aromatic N) is 1.